The van der Waals surface area contributed by atoms with Crippen molar-refractivity contribution in [1.29, 1.82) is 0 Å². The summed E-state index contributed by atoms with van der Waals surface area (Å²) in [7, 11) is 0. The van der Waals surface area contributed by atoms with E-state index in [2.05, 4.69) is 28.9 Å². The SMILES string of the molecule is Cc1cnccc1C1=C(c2ccn3cc(CN4CC(CF)C4)nc3c2)c2ccc(C(F)F)cc2CCC1. The van der Waals surface area contributed by atoms with Gasteiger partial charge in [0.1, 0.15) is 5.65 Å². The molecule has 1 aromatic carbocycles. The topological polar surface area (TPSA) is 33.4 Å². The van der Waals surface area contributed by atoms with Gasteiger partial charge in [-0.3, -0.25) is 14.3 Å². The lowest BCUT2D eigenvalue weighted by Crippen LogP contribution is -2.46. The smallest absolute Gasteiger partial charge is 0.263 e. The van der Waals surface area contributed by atoms with Gasteiger partial charge in [-0.1, -0.05) is 12.1 Å². The highest BCUT2D eigenvalue weighted by molar-refractivity contribution is 6.00. The van der Waals surface area contributed by atoms with Gasteiger partial charge in [0, 0.05) is 55.9 Å². The van der Waals surface area contributed by atoms with Gasteiger partial charge in [0.15, 0.2) is 0 Å². The normalized spacial score (nSPS) is 16.8. The summed E-state index contributed by atoms with van der Waals surface area (Å²) in [6.07, 6.45) is 7.71. The Morgan fingerprint density at radius 3 is 2.70 bits per heavy atom. The third-order valence-corrected chi connectivity index (χ3v) is 7.61. The fourth-order valence-corrected chi connectivity index (χ4v) is 5.75. The lowest BCUT2D eigenvalue weighted by atomic mass is 9.87. The first-order valence-electron chi connectivity index (χ1n) is 12.8. The molecule has 0 spiro atoms. The molecule has 0 amide bonds. The molecule has 0 N–H and O–H groups in total. The number of hydrogen-bond donors (Lipinski definition) is 0. The summed E-state index contributed by atoms with van der Waals surface area (Å²) in [6, 6.07) is 11.3. The van der Waals surface area contributed by atoms with Crippen molar-refractivity contribution in [2.45, 2.75) is 39.2 Å². The Bertz CT molecular complexity index is 1480. The molecule has 0 atom stereocenters. The molecule has 0 saturated carbocycles. The van der Waals surface area contributed by atoms with E-state index in [0.29, 0.717) is 6.54 Å². The van der Waals surface area contributed by atoms with Gasteiger partial charge < -0.3 is 4.40 Å². The number of pyridine rings is 2. The monoisotopic (exact) mass is 502 g/mol. The van der Waals surface area contributed by atoms with Crippen LogP contribution in [-0.2, 0) is 13.0 Å². The maximum Gasteiger partial charge on any atom is 0.263 e. The maximum absolute atomic E-state index is 13.5. The fraction of sp³-hybridized carbons (Fsp3) is 0.333. The summed E-state index contributed by atoms with van der Waals surface area (Å²) in [5.41, 5.74) is 9.34. The van der Waals surface area contributed by atoms with Gasteiger partial charge in [0.25, 0.3) is 6.43 Å². The van der Waals surface area contributed by atoms with Gasteiger partial charge in [-0.15, -0.1) is 0 Å². The van der Waals surface area contributed by atoms with Crippen LogP contribution in [0, 0.1) is 12.8 Å². The van der Waals surface area contributed by atoms with Crippen LogP contribution in [0.3, 0.4) is 0 Å². The van der Waals surface area contributed by atoms with Crippen LogP contribution in [-0.4, -0.2) is 39.0 Å². The molecule has 1 aliphatic heterocycles. The fourth-order valence-electron chi connectivity index (χ4n) is 5.75. The van der Waals surface area contributed by atoms with Gasteiger partial charge in [0.2, 0.25) is 0 Å². The van der Waals surface area contributed by atoms with Gasteiger partial charge in [0.05, 0.1) is 12.4 Å². The van der Waals surface area contributed by atoms with E-state index in [1.807, 2.05) is 41.3 Å². The Morgan fingerprint density at radius 2 is 1.92 bits per heavy atom. The first kappa shape index (κ1) is 23.9. The summed E-state index contributed by atoms with van der Waals surface area (Å²) in [5.74, 6) is 0.145. The van der Waals surface area contributed by atoms with E-state index in [1.54, 1.807) is 12.1 Å². The predicted octanol–water partition coefficient (Wildman–Crippen LogP) is 6.67. The summed E-state index contributed by atoms with van der Waals surface area (Å²) in [4.78, 5) is 11.4. The van der Waals surface area contributed by atoms with E-state index in [1.165, 1.54) is 5.57 Å². The number of nitrogens with zero attached hydrogens (tertiary/aromatic N) is 4. The minimum absolute atomic E-state index is 0.0657. The highest BCUT2D eigenvalue weighted by Crippen LogP contribution is 2.41. The number of fused-ring (bicyclic) bond motifs is 2. The average Bonchev–Trinajstić information content (AvgIpc) is 3.18. The molecular formula is C30H29F3N4. The summed E-state index contributed by atoms with van der Waals surface area (Å²) >= 11 is 0. The molecule has 4 heterocycles. The van der Waals surface area contributed by atoms with E-state index in [0.717, 1.165) is 77.1 Å². The molecule has 190 valence electrons. The van der Waals surface area contributed by atoms with Gasteiger partial charge >= 0.3 is 0 Å². The van der Waals surface area contributed by atoms with Crippen LogP contribution in [0.25, 0.3) is 16.8 Å². The van der Waals surface area contributed by atoms with Gasteiger partial charge in [-0.2, -0.15) is 0 Å². The number of imidazole rings is 1. The molecule has 0 bridgehead atoms. The first-order chi connectivity index (χ1) is 18.0. The lowest BCUT2D eigenvalue weighted by molar-refractivity contribution is 0.0727. The quantitative estimate of drug-likeness (QED) is 0.295. The second kappa shape index (κ2) is 9.78. The summed E-state index contributed by atoms with van der Waals surface area (Å²) in [5, 5.41) is 0. The third kappa shape index (κ3) is 4.57. The van der Waals surface area contributed by atoms with Crippen molar-refractivity contribution in [2.75, 3.05) is 19.8 Å². The molecule has 1 aliphatic carbocycles. The highest BCUT2D eigenvalue weighted by Gasteiger charge is 2.27. The van der Waals surface area contributed by atoms with Crippen molar-refractivity contribution in [3.05, 3.63) is 100 Å². The van der Waals surface area contributed by atoms with Gasteiger partial charge in [-0.05, 0) is 89.4 Å². The zero-order valence-corrected chi connectivity index (χ0v) is 20.8. The van der Waals surface area contributed by atoms with E-state index < -0.39 is 6.43 Å². The van der Waals surface area contributed by atoms with Crippen LogP contribution in [0.2, 0.25) is 0 Å². The van der Waals surface area contributed by atoms with Crippen LogP contribution in [0.5, 0.6) is 0 Å². The zero-order chi connectivity index (χ0) is 25.5. The molecule has 2 aliphatic rings. The molecule has 4 nitrogen and oxygen atoms in total. The Hall–Kier alpha value is -3.45. The number of hydrogen-bond acceptors (Lipinski definition) is 3. The number of alkyl halides is 3. The number of likely N-dealkylation sites (tertiary alicyclic amines) is 1. The van der Waals surface area contributed by atoms with Crippen molar-refractivity contribution in [1.82, 2.24) is 19.3 Å². The van der Waals surface area contributed by atoms with Crippen molar-refractivity contribution < 1.29 is 13.2 Å². The molecule has 1 fully saturated rings. The first-order valence-corrected chi connectivity index (χ1v) is 12.8. The molecule has 0 unspecified atom stereocenters. The largest absolute Gasteiger partial charge is 0.307 e. The molecule has 3 aromatic heterocycles. The number of allylic oxidation sites excluding steroid dienone is 1. The zero-order valence-electron chi connectivity index (χ0n) is 20.8. The number of rotatable bonds is 6. The lowest BCUT2D eigenvalue weighted by Gasteiger charge is -2.37. The molecular weight excluding hydrogens is 473 g/mol. The van der Waals surface area contributed by atoms with Crippen LogP contribution in [0.4, 0.5) is 13.2 Å². The minimum atomic E-state index is -2.49. The number of benzene rings is 1. The Morgan fingerprint density at radius 1 is 1.05 bits per heavy atom. The highest BCUT2D eigenvalue weighted by atomic mass is 19.3. The average molecular weight is 503 g/mol. The Balaban J connectivity index is 1.47. The molecule has 0 radical (unpaired) electrons. The van der Waals surface area contributed by atoms with Crippen LogP contribution in [0.15, 0.2) is 61.2 Å². The van der Waals surface area contributed by atoms with Crippen molar-refractivity contribution in [3.63, 3.8) is 0 Å². The summed E-state index contributed by atoms with van der Waals surface area (Å²) < 4.78 is 41.9. The molecule has 37 heavy (non-hydrogen) atoms. The number of halogens is 3. The van der Waals surface area contributed by atoms with E-state index in [9.17, 15) is 13.2 Å². The van der Waals surface area contributed by atoms with Crippen molar-refractivity contribution in [3.8, 4) is 0 Å². The molecule has 7 heteroatoms. The van der Waals surface area contributed by atoms with E-state index >= 15 is 0 Å². The van der Waals surface area contributed by atoms with Crippen LogP contribution >= 0.6 is 0 Å². The molecule has 6 rings (SSSR count). The van der Waals surface area contributed by atoms with Crippen LogP contribution in [0.1, 0.15) is 58.3 Å². The van der Waals surface area contributed by atoms with Crippen LogP contribution < -0.4 is 0 Å². The van der Waals surface area contributed by atoms with E-state index in [-0.39, 0.29) is 18.2 Å². The minimum Gasteiger partial charge on any atom is -0.307 e. The number of aryl methyl sites for hydroxylation is 2. The van der Waals surface area contributed by atoms with E-state index in [4.69, 9.17) is 4.98 Å². The van der Waals surface area contributed by atoms with Crippen molar-refractivity contribution in [2.24, 2.45) is 5.92 Å². The molecule has 1 saturated heterocycles. The number of aromatic nitrogens is 3. The standard InChI is InChI=1S/C30H29F3N4/c1-19-14-34-9-7-25(19)27-4-2-3-21-11-23(30(32)33)5-6-26(21)29(27)22-8-10-37-18-24(35-28(37)12-22)17-36-15-20(13-31)16-36/h5-12,14,18,20,30H,2-4,13,15-17H2,1H3. The predicted molar refractivity (Wildman–Crippen MR) is 139 cm³/mol. The third-order valence-electron chi connectivity index (χ3n) is 7.61. The Kier molecular flexibility index (Phi) is 6.32. The maximum atomic E-state index is 13.5. The van der Waals surface area contributed by atoms with Gasteiger partial charge in [-0.25, -0.2) is 13.8 Å². The molecule has 4 aromatic rings. The second-order valence-corrected chi connectivity index (χ2v) is 10.2. The Labute approximate surface area is 214 Å². The van der Waals surface area contributed by atoms with Crippen molar-refractivity contribution >= 4 is 16.8 Å². The second-order valence-electron chi connectivity index (χ2n) is 10.2. The summed E-state index contributed by atoms with van der Waals surface area (Å²) in [6.45, 7) is 4.05.